The van der Waals surface area contributed by atoms with E-state index in [1.807, 2.05) is 0 Å². The first kappa shape index (κ1) is 33.2. The van der Waals surface area contributed by atoms with Crippen LogP contribution in [0.15, 0.2) is 203 Å². The van der Waals surface area contributed by atoms with Gasteiger partial charge in [-0.1, -0.05) is 158 Å². The van der Waals surface area contributed by atoms with Crippen molar-refractivity contribution in [1.29, 1.82) is 0 Å². The fourth-order valence-electron chi connectivity index (χ4n) is 10.1. The summed E-state index contributed by atoms with van der Waals surface area (Å²) in [6.07, 6.45) is 1.36. The highest BCUT2D eigenvalue weighted by molar-refractivity contribution is 6.22. The van der Waals surface area contributed by atoms with Crippen LogP contribution in [-0.2, 0) is 12.8 Å². The molecule has 4 aromatic heterocycles. The van der Waals surface area contributed by atoms with E-state index in [-0.39, 0.29) is 0 Å². The van der Waals surface area contributed by atoms with E-state index in [2.05, 4.69) is 203 Å². The second-order valence-electron chi connectivity index (χ2n) is 15.9. The van der Waals surface area contributed by atoms with Gasteiger partial charge in [-0.15, -0.1) is 0 Å². The van der Waals surface area contributed by atoms with Crippen molar-refractivity contribution in [2.24, 2.45) is 0 Å². The average molecular weight is 769 g/mol. The molecule has 0 unspecified atom stereocenters. The number of fused-ring (bicyclic) bond motifs is 12. The number of aromatic nitrogens is 2. The van der Waals surface area contributed by atoms with Crippen molar-refractivity contribution in [3.63, 3.8) is 0 Å². The van der Waals surface area contributed by atoms with Gasteiger partial charge in [-0.25, -0.2) is 0 Å². The molecule has 0 atom stereocenters. The molecule has 13 rings (SSSR count). The highest BCUT2D eigenvalue weighted by Crippen LogP contribution is 2.48. The molecule has 4 heterocycles. The molecule has 0 amide bonds. The smallest absolute Gasteiger partial charge is 0.159 e. The van der Waals surface area contributed by atoms with E-state index < -0.39 is 0 Å². The van der Waals surface area contributed by atoms with Crippen LogP contribution in [0.2, 0.25) is 0 Å². The standard InChI is InChI=1S/C56H36N2O2/c1-3-17-35(18-4-1)33-43-51-41-25-15-31-49(57-45-27-11-7-21-37(45)38-22-8-12-28-46(38)57)53(41)60-56(51)44(34-36-19-5-2-6-20-36)52-42-26-16-32-50(54(42)59-55(43)52)58-47-29-13-9-23-39(47)40-24-10-14-30-48(40)58/h1-32H,33-34H2. The fraction of sp³-hybridized carbons (Fsp3) is 0.0357. The summed E-state index contributed by atoms with van der Waals surface area (Å²) in [7, 11) is 0. The quantitative estimate of drug-likeness (QED) is 0.169. The molecule has 60 heavy (non-hydrogen) atoms. The Hall–Kier alpha value is -7.82. The Morgan fingerprint density at radius 1 is 0.283 bits per heavy atom. The molecule has 0 saturated heterocycles. The molecule has 0 aliphatic heterocycles. The first-order chi connectivity index (χ1) is 29.8. The summed E-state index contributed by atoms with van der Waals surface area (Å²) in [6, 6.07) is 69.5. The van der Waals surface area contributed by atoms with Crippen molar-refractivity contribution in [3.05, 3.63) is 216 Å². The van der Waals surface area contributed by atoms with Crippen molar-refractivity contribution < 1.29 is 8.83 Å². The number of furan rings is 2. The summed E-state index contributed by atoms with van der Waals surface area (Å²) in [4.78, 5) is 0. The lowest BCUT2D eigenvalue weighted by atomic mass is 9.91. The Morgan fingerprint density at radius 2 is 0.600 bits per heavy atom. The lowest BCUT2D eigenvalue weighted by Gasteiger charge is -2.11. The van der Waals surface area contributed by atoms with E-state index >= 15 is 0 Å². The molecule has 0 aliphatic carbocycles. The molecule has 282 valence electrons. The van der Waals surface area contributed by atoms with Gasteiger partial charge in [0.25, 0.3) is 0 Å². The number of benzene rings is 9. The van der Waals surface area contributed by atoms with Crippen LogP contribution in [0.4, 0.5) is 0 Å². The molecule has 9 aromatic carbocycles. The SMILES string of the molecule is c1ccc(Cc2c3oc4c(-n5c6ccccc6c6ccccc65)cccc4c3c(Cc3ccccc3)c3oc4c(-n5c6ccccc6c6ccccc65)cccc4c23)cc1. The van der Waals surface area contributed by atoms with Gasteiger partial charge in [0.1, 0.15) is 11.2 Å². The predicted molar refractivity (Wildman–Crippen MR) is 248 cm³/mol. The van der Waals surface area contributed by atoms with Gasteiger partial charge < -0.3 is 18.0 Å². The van der Waals surface area contributed by atoms with E-state index in [0.29, 0.717) is 12.8 Å². The van der Waals surface area contributed by atoms with Crippen LogP contribution in [0.25, 0.3) is 98.9 Å². The Morgan fingerprint density at radius 3 is 0.967 bits per heavy atom. The van der Waals surface area contributed by atoms with Crippen LogP contribution in [0.5, 0.6) is 0 Å². The van der Waals surface area contributed by atoms with Gasteiger partial charge >= 0.3 is 0 Å². The van der Waals surface area contributed by atoms with Gasteiger partial charge in [0.15, 0.2) is 11.2 Å². The number of nitrogens with zero attached hydrogens (tertiary/aromatic N) is 2. The number of rotatable bonds is 6. The third-order valence-corrected chi connectivity index (χ3v) is 12.6. The van der Waals surface area contributed by atoms with Crippen LogP contribution >= 0.6 is 0 Å². The first-order valence-corrected chi connectivity index (χ1v) is 20.7. The van der Waals surface area contributed by atoms with Gasteiger partial charge in [-0.05, 0) is 47.5 Å². The van der Waals surface area contributed by atoms with E-state index in [1.54, 1.807) is 0 Å². The minimum atomic E-state index is 0.679. The van der Waals surface area contributed by atoms with Gasteiger partial charge in [-0.2, -0.15) is 0 Å². The van der Waals surface area contributed by atoms with Crippen LogP contribution in [0.3, 0.4) is 0 Å². The maximum Gasteiger partial charge on any atom is 0.159 e. The van der Waals surface area contributed by atoms with Crippen molar-refractivity contribution in [1.82, 2.24) is 9.13 Å². The number of hydrogen-bond donors (Lipinski definition) is 0. The zero-order chi connectivity index (χ0) is 39.3. The Bertz CT molecular complexity index is 3470. The third kappa shape index (κ3) is 4.73. The highest BCUT2D eigenvalue weighted by Gasteiger charge is 2.28. The van der Waals surface area contributed by atoms with E-state index in [0.717, 1.165) is 88.4 Å². The minimum Gasteiger partial charge on any atom is -0.454 e. The van der Waals surface area contributed by atoms with Crippen LogP contribution in [-0.4, -0.2) is 9.13 Å². The summed E-state index contributed by atoms with van der Waals surface area (Å²) < 4.78 is 19.7. The Labute approximate surface area is 344 Å². The number of para-hydroxylation sites is 6. The molecule has 4 heteroatoms. The molecular formula is C56H36N2O2. The van der Waals surface area contributed by atoms with E-state index in [4.69, 9.17) is 8.83 Å². The molecule has 0 spiro atoms. The van der Waals surface area contributed by atoms with Gasteiger partial charge in [0.2, 0.25) is 0 Å². The summed E-state index contributed by atoms with van der Waals surface area (Å²) in [6.45, 7) is 0. The summed E-state index contributed by atoms with van der Waals surface area (Å²) in [5.74, 6) is 0. The summed E-state index contributed by atoms with van der Waals surface area (Å²) >= 11 is 0. The second-order valence-corrected chi connectivity index (χ2v) is 15.9. The molecular weight excluding hydrogens is 733 g/mol. The Kier molecular flexibility index (Phi) is 7.10. The average Bonchev–Trinajstić information content (AvgIpc) is 4.07. The fourth-order valence-corrected chi connectivity index (χ4v) is 10.1. The van der Waals surface area contributed by atoms with E-state index in [9.17, 15) is 0 Å². The number of hydrogen-bond acceptors (Lipinski definition) is 2. The second kappa shape index (κ2) is 12.8. The molecule has 0 radical (unpaired) electrons. The van der Waals surface area contributed by atoms with Crippen LogP contribution < -0.4 is 0 Å². The molecule has 4 nitrogen and oxygen atoms in total. The lowest BCUT2D eigenvalue weighted by Crippen LogP contribution is -1.96. The molecule has 0 aliphatic rings. The summed E-state index contributed by atoms with van der Waals surface area (Å²) in [5.41, 5.74) is 14.9. The van der Waals surface area contributed by atoms with Crippen molar-refractivity contribution in [2.45, 2.75) is 12.8 Å². The van der Waals surface area contributed by atoms with Crippen molar-refractivity contribution >= 4 is 87.5 Å². The minimum absolute atomic E-state index is 0.679. The predicted octanol–water partition coefficient (Wildman–Crippen LogP) is 14.9. The monoisotopic (exact) mass is 768 g/mol. The molecule has 0 fully saturated rings. The van der Waals surface area contributed by atoms with Gasteiger partial charge in [0, 0.05) is 67.1 Å². The molecule has 13 aromatic rings. The van der Waals surface area contributed by atoms with E-state index in [1.165, 1.54) is 32.7 Å². The first-order valence-electron chi connectivity index (χ1n) is 20.7. The topological polar surface area (TPSA) is 36.1 Å². The zero-order valence-corrected chi connectivity index (χ0v) is 32.6. The van der Waals surface area contributed by atoms with Crippen LogP contribution in [0.1, 0.15) is 22.3 Å². The zero-order valence-electron chi connectivity index (χ0n) is 32.6. The van der Waals surface area contributed by atoms with Crippen LogP contribution in [0, 0.1) is 0 Å². The van der Waals surface area contributed by atoms with Gasteiger partial charge in [-0.3, -0.25) is 0 Å². The van der Waals surface area contributed by atoms with Crippen molar-refractivity contribution in [3.8, 4) is 11.4 Å². The molecule has 0 saturated carbocycles. The maximum absolute atomic E-state index is 7.46. The third-order valence-electron chi connectivity index (χ3n) is 12.6. The lowest BCUT2D eigenvalue weighted by molar-refractivity contribution is 0.655. The molecule has 0 bridgehead atoms. The maximum atomic E-state index is 7.46. The normalized spacial score (nSPS) is 12.1. The largest absolute Gasteiger partial charge is 0.454 e. The summed E-state index contributed by atoms with van der Waals surface area (Å²) in [5, 5.41) is 9.25. The molecule has 0 N–H and O–H groups in total. The highest BCUT2D eigenvalue weighted by atomic mass is 16.3. The van der Waals surface area contributed by atoms with Gasteiger partial charge in [0.05, 0.1) is 33.4 Å². The Balaban J connectivity index is 1.19. The van der Waals surface area contributed by atoms with Crippen molar-refractivity contribution in [2.75, 3.05) is 0 Å².